The van der Waals surface area contributed by atoms with Crippen LogP contribution >= 0.6 is 22.9 Å². The summed E-state index contributed by atoms with van der Waals surface area (Å²) in [7, 11) is 0. The highest BCUT2D eigenvalue weighted by Gasteiger charge is 2.18. The number of pyridine rings is 1. The van der Waals surface area contributed by atoms with Crippen molar-refractivity contribution in [2.24, 2.45) is 0 Å². The zero-order valence-electron chi connectivity index (χ0n) is 11.3. The van der Waals surface area contributed by atoms with Crippen LogP contribution in [0, 0.1) is 0 Å². The van der Waals surface area contributed by atoms with Crippen LogP contribution in [-0.2, 0) is 9.59 Å². The second-order valence-corrected chi connectivity index (χ2v) is 5.80. The van der Waals surface area contributed by atoms with E-state index in [0.717, 1.165) is 4.88 Å². The van der Waals surface area contributed by atoms with Crippen LogP contribution in [0.25, 0.3) is 0 Å². The lowest BCUT2D eigenvalue weighted by Gasteiger charge is -2.16. The molecule has 2 rings (SSSR count). The van der Waals surface area contributed by atoms with Gasteiger partial charge in [-0.25, -0.2) is 4.98 Å². The maximum Gasteiger partial charge on any atom is 0.227 e. The molecular formula is C14H14ClN3O2S. The molecule has 2 heterocycles. The first kappa shape index (κ1) is 15.5. The summed E-state index contributed by atoms with van der Waals surface area (Å²) >= 11 is 7.23. The number of thiophene rings is 1. The summed E-state index contributed by atoms with van der Waals surface area (Å²) in [6.45, 7) is 1.43. The number of hydrogen-bond acceptors (Lipinski definition) is 4. The predicted molar refractivity (Wildman–Crippen MR) is 83.4 cm³/mol. The van der Waals surface area contributed by atoms with Gasteiger partial charge in [0.2, 0.25) is 11.8 Å². The van der Waals surface area contributed by atoms with E-state index >= 15 is 0 Å². The lowest BCUT2D eigenvalue weighted by Crippen LogP contribution is -2.29. The Morgan fingerprint density at radius 2 is 2.19 bits per heavy atom. The van der Waals surface area contributed by atoms with Gasteiger partial charge in [0, 0.05) is 18.0 Å². The summed E-state index contributed by atoms with van der Waals surface area (Å²) in [4.78, 5) is 28.3. The number of nitrogens with zero attached hydrogens (tertiary/aromatic N) is 1. The molecule has 0 aliphatic rings. The normalized spacial score (nSPS) is 11.7. The lowest BCUT2D eigenvalue weighted by molar-refractivity contribution is -0.120. The van der Waals surface area contributed by atoms with Crippen LogP contribution in [0.1, 0.15) is 24.3 Å². The third-order valence-electron chi connectivity index (χ3n) is 2.65. The van der Waals surface area contributed by atoms with E-state index < -0.39 is 0 Å². The van der Waals surface area contributed by atoms with Gasteiger partial charge in [0.15, 0.2) is 0 Å². The lowest BCUT2D eigenvalue weighted by atomic mass is 10.1. The van der Waals surface area contributed by atoms with Crippen molar-refractivity contribution < 1.29 is 9.59 Å². The molecule has 0 radical (unpaired) electrons. The summed E-state index contributed by atoms with van der Waals surface area (Å²) in [5, 5.41) is 7.86. The fourth-order valence-corrected chi connectivity index (χ4v) is 2.68. The molecule has 0 saturated heterocycles. The number of carbonyl (C=O) groups is 2. The Bertz CT molecular complexity index is 614. The molecular weight excluding hydrogens is 310 g/mol. The van der Waals surface area contributed by atoms with Gasteiger partial charge in [0.1, 0.15) is 5.82 Å². The maximum absolute atomic E-state index is 12.1. The van der Waals surface area contributed by atoms with Crippen LogP contribution in [0.15, 0.2) is 35.8 Å². The van der Waals surface area contributed by atoms with E-state index in [1.165, 1.54) is 24.5 Å². The number of halogens is 1. The van der Waals surface area contributed by atoms with Crippen molar-refractivity contribution in [1.29, 1.82) is 0 Å². The summed E-state index contributed by atoms with van der Waals surface area (Å²) in [5.74, 6) is 0.0277. The average Bonchev–Trinajstić information content (AvgIpc) is 2.94. The number of carbonyl (C=O) groups excluding carboxylic acids is 2. The molecule has 5 nitrogen and oxygen atoms in total. The van der Waals surface area contributed by atoms with E-state index in [1.54, 1.807) is 12.1 Å². The van der Waals surface area contributed by atoms with E-state index in [9.17, 15) is 9.59 Å². The fraction of sp³-hybridized carbons (Fsp3) is 0.214. The quantitative estimate of drug-likeness (QED) is 0.888. The van der Waals surface area contributed by atoms with Crippen LogP contribution in [0.3, 0.4) is 0 Å². The number of rotatable bonds is 5. The first-order chi connectivity index (χ1) is 10.0. The standard InChI is InChI=1S/C14H14ClN3O2S/c1-9(19)17-11(12-3-2-6-21-12)7-14(20)18-13-5-4-10(15)8-16-13/h2-6,8,11H,7H2,1H3,(H,17,19)(H,16,18,20)/t11-/m0/s1. The van der Waals surface area contributed by atoms with Gasteiger partial charge >= 0.3 is 0 Å². The second kappa shape index (κ2) is 7.19. The SMILES string of the molecule is CC(=O)N[C@@H](CC(=O)Nc1ccc(Cl)cn1)c1cccs1. The number of aromatic nitrogens is 1. The van der Waals surface area contributed by atoms with Crippen molar-refractivity contribution >= 4 is 40.6 Å². The molecule has 110 valence electrons. The minimum atomic E-state index is -0.338. The Morgan fingerprint density at radius 3 is 2.76 bits per heavy atom. The Balaban J connectivity index is 2.01. The number of hydrogen-bond donors (Lipinski definition) is 2. The third-order valence-corrected chi connectivity index (χ3v) is 3.86. The predicted octanol–water partition coefficient (Wildman–Crippen LogP) is 3.00. The Morgan fingerprint density at radius 1 is 1.38 bits per heavy atom. The molecule has 2 aromatic heterocycles. The Kier molecular flexibility index (Phi) is 5.30. The van der Waals surface area contributed by atoms with E-state index in [1.807, 2.05) is 17.5 Å². The van der Waals surface area contributed by atoms with E-state index in [2.05, 4.69) is 15.6 Å². The van der Waals surface area contributed by atoms with Gasteiger partial charge in [-0.1, -0.05) is 17.7 Å². The van der Waals surface area contributed by atoms with Gasteiger partial charge in [-0.05, 0) is 23.6 Å². The van der Waals surface area contributed by atoms with E-state index in [0.29, 0.717) is 10.8 Å². The van der Waals surface area contributed by atoms with E-state index in [-0.39, 0.29) is 24.3 Å². The second-order valence-electron chi connectivity index (χ2n) is 4.38. The highest BCUT2D eigenvalue weighted by atomic mass is 35.5. The molecule has 0 fully saturated rings. The molecule has 1 atom stereocenters. The van der Waals surface area contributed by atoms with Crippen LogP contribution in [0.5, 0.6) is 0 Å². The molecule has 0 aliphatic heterocycles. The average molecular weight is 324 g/mol. The smallest absolute Gasteiger partial charge is 0.227 e. The van der Waals surface area contributed by atoms with Crippen molar-refractivity contribution in [2.75, 3.05) is 5.32 Å². The Hall–Kier alpha value is -1.92. The molecule has 0 unspecified atom stereocenters. The van der Waals surface area contributed by atoms with Crippen molar-refractivity contribution in [1.82, 2.24) is 10.3 Å². The number of anilines is 1. The summed E-state index contributed by atoms with van der Waals surface area (Å²) in [6.07, 6.45) is 1.60. The number of amides is 2. The van der Waals surface area contributed by atoms with Gasteiger partial charge in [0.25, 0.3) is 0 Å². The molecule has 2 aromatic rings. The van der Waals surface area contributed by atoms with Gasteiger partial charge in [-0.15, -0.1) is 11.3 Å². The molecule has 0 aliphatic carbocycles. The fourth-order valence-electron chi connectivity index (χ4n) is 1.79. The highest BCUT2D eigenvalue weighted by Crippen LogP contribution is 2.22. The van der Waals surface area contributed by atoms with Gasteiger partial charge < -0.3 is 10.6 Å². The summed E-state index contributed by atoms with van der Waals surface area (Å²) < 4.78 is 0. The largest absolute Gasteiger partial charge is 0.348 e. The molecule has 0 spiro atoms. The molecule has 2 N–H and O–H groups in total. The molecule has 21 heavy (non-hydrogen) atoms. The van der Waals surface area contributed by atoms with Crippen LogP contribution < -0.4 is 10.6 Å². The zero-order chi connectivity index (χ0) is 15.2. The minimum absolute atomic E-state index is 0.143. The van der Waals surface area contributed by atoms with Crippen LogP contribution in [-0.4, -0.2) is 16.8 Å². The van der Waals surface area contributed by atoms with Gasteiger partial charge in [0.05, 0.1) is 17.5 Å². The first-order valence-corrected chi connectivity index (χ1v) is 7.52. The van der Waals surface area contributed by atoms with Crippen molar-refractivity contribution in [3.8, 4) is 0 Å². The summed E-state index contributed by atoms with van der Waals surface area (Å²) in [6, 6.07) is 6.70. The zero-order valence-corrected chi connectivity index (χ0v) is 12.9. The van der Waals surface area contributed by atoms with Crippen LogP contribution in [0.2, 0.25) is 5.02 Å². The van der Waals surface area contributed by atoms with E-state index in [4.69, 9.17) is 11.6 Å². The monoisotopic (exact) mass is 323 g/mol. The molecule has 0 bridgehead atoms. The van der Waals surface area contributed by atoms with Crippen LogP contribution in [0.4, 0.5) is 5.82 Å². The summed E-state index contributed by atoms with van der Waals surface area (Å²) in [5.41, 5.74) is 0. The van der Waals surface area contributed by atoms with Crippen molar-refractivity contribution in [3.05, 3.63) is 45.7 Å². The first-order valence-electron chi connectivity index (χ1n) is 6.26. The maximum atomic E-state index is 12.1. The van der Waals surface area contributed by atoms with Crippen molar-refractivity contribution in [3.63, 3.8) is 0 Å². The highest BCUT2D eigenvalue weighted by molar-refractivity contribution is 7.10. The van der Waals surface area contributed by atoms with Gasteiger partial charge in [-0.3, -0.25) is 9.59 Å². The minimum Gasteiger partial charge on any atom is -0.348 e. The third kappa shape index (κ3) is 4.84. The Labute approximate surface area is 131 Å². The molecule has 0 saturated carbocycles. The van der Waals surface area contributed by atoms with Gasteiger partial charge in [-0.2, -0.15) is 0 Å². The number of nitrogens with one attached hydrogen (secondary N) is 2. The topological polar surface area (TPSA) is 71.1 Å². The molecule has 2 amide bonds. The molecule has 0 aromatic carbocycles. The van der Waals surface area contributed by atoms with Crippen molar-refractivity contribution in [2.45, 2.75) is 19.4 Å². The molecule has 7 heteroatoms.